The van der Waals surface area contributed by atoms with E-state index >= 15 is 0 Å². The molecule has 0 aliphatic rings. The Morgan fingerprint density at radius 3 is 1.14 bits per heavy atom. The average molecular weight is 565 g/mol. The monoisotopic (exact) mass is 564 g/mol. The maximum atomic E-state index is 14.3. The van der Waals surface area contributed by atoms with Gasteiger partial charge in [-0.25, -0.2) is 0 Å². The molecule has 0 radical (unpaired) electrons. The van der Waals surface area contributed by atoms with Gasteiger partial charge in [-0.2, -0.15) is 0 Å². The van der Waals surface area contributed by atoms with Crippen molar-refractivity contribution in [3.05, 3.63) is 166 Å². The Kier molecular flexibility index (Phi) is 5.17. The molecule has 0 saturated heterocycles. The van der Waals surface area contributed by atoms with Gasteiger partial charge < -0.3 is 9.13 Å². The third-order valence-electron chi connectivity index (χ3n) is 8.88. The maximum Gasteiger partial charge on any atom is 0.197 e. The second kappa shape index (κ2) is 9.25. The van der Waals surface area contributed by atoms with Crippen LogP contribution < -0.4 is 10.9 Å². The Morgan fingerprint density at radius 2 is 0.682 bits per heavy atom. The summed E-state index contributed by atoms with van der Waals surface area (Å²) in [6.45, 7) is 0. The lowest BCUT2D eigenvalue weighted by atomic mass is 10.0. The smallest absolute Gasteiger partial charge is 0.197 e. The fourth-order valence-electron chi connectivity index (χ4n) is 6.91. The van der Waals surface area contributed by atoms with Crippen molar-refractivity contribution in [2.24, 2.45) is 0 Å². The van der Waals surface area contributed by atoms with Gasteiger partial charge in [-0.3, -0.25) is 9.59 Å². The zero-order valence-electron chi connectivity index (χ0n) is 23.6. The van der Waals surface area contributed by atoms with Crippen LogP contribution in [0.25, 0.3) is 76.5 Å². The van der Waals surface area contributed by atoms with Gasteiger partial charge in [0.2, 0.25) is 0 Å². The molecule has 0 bridgehead atoms. The van der Waals surface area contributed by atoms with Crippen LogP contribution in [0.15, 0.2) is 155 Å². The van der Waals surface area contributed by atoms with Gasteiger partial charge in [-0.1, -0.05) is 97.1 Å². The van der Waals surface area contributed by atoms with Crippen LogP contribution >= 0.6 is 0 Å². The first kappa shape index (κ1) is 24.6. The van der Waals surface area contributed by atoms with E-state index in [-0.39, 0.29) is 10.9 Å². The van der Waals surface area contributed by atoms with Crippen LogP contribution in [0.2, 0.25) is 0 Å². The third kappa shape index (κ3) is 3.39. The molecule has 0 unspecified atom stereocenters. The molecule has 0 N–H and O–H groups in total. The van der Waals surface area contributed by atoms with Crippen LogP contribution in [0.1, 0.15) is 0 Å². The molecule has 0 amide bonds. The van der Waals surface area contributed by atoms with E-state index in [4.69, 9.17) is 0 Å². The van der Waals surface area contributed by atoms with E-state index in [1.165, 1.54) is 0 Å². The van der Waals surface area contributed by atoms with Crippen LogP contribution in [0.4, 0.5) is 0 Å². The van der Waals surface area contributed by atoms with E-state index in [0.717, 1.165) is 44.0 Å². The Labute approximate surface area is 251 Å². The number of hydrogen-bond acceptors (Lipinski definition) is 2. The summed E-state index contributed by atoms with van der Waals surface area (Å²) in [4.78, 5) is 28.6. The number of hydrogen-bond donors (Lipinski definition) is 0. The minimum Gasteiger partial charge on any atom is -0.308 e. The molecule has 0 aliphatic carbocycles. The van der Waals surface area contributed by atoms with Gasteiger partial charge >= 0.3 is 0 Å². The van der Waals surface area contributed by atoms with Crippen molar-refractivity contribution in [2.75, 3.05) is 0 Å². The lowest BCUT2D eigenvalue weighted by Gasteiger charge is -2.20. The molecule has 0 atom stereocenters. The molecule has 0 saturated carbocycles. The number of rotatable bonds is 2. The molecule has 7 aromatic carbocycles. The Morgan fingerprint density at radius 1 is 0.318 bits per heavy atom. The van der Waals surface area contributed by atoms with Crippen molar-refractivity contribution >= 4 is 65.2 Å². The van der Waals surface area contributed by atoms with Gasteiger partial charge in [0.25, 0.3) is 0 Å². The summed E-state index contributed by atoms with van der Waals surface area (Å²) in [7, 11) is 0. The van der Waals surface area contributed by atoms with Crippen molar-refractivity contribution in [3.63, 3.8) is 0 Å². The zero-order valence-corrected chi connectivity index (χ0v) is 23.6. The summed E-state index contributed by atoms with van der Waals surface area (Å²) >= 11 is 0. The fraction of sp³-hybridized carbons (Fsp3) is 0. The highest BCUT2D eigenvalue weighted by atomic mass is 16.1. The van der Waals surface area contributed by atoms with E-state index in [0.29, 0.717) is 32.6 Å². The second-order valence-corrected chi connectivity index (χ2v) is 11.2. The molecule has 2 heterocycles. The number of para-hydroxylation sites is 2. The maximum absolute atomic E-state index is 14.3. The first-order chi connectivity index (χ1) is 21.7. The number of benzene rings is 7. The number of nitrogens with zero attached hydrogens (tertiary/aromatic N) is 2. The lowest BCUT2D eigenvalue weighted by Crippen LogP contribution is -2.14. The highest BCUT2D eigenvalue weighted by molar-refractivity contribution is 6.07. The van der Waals surface area contributed by atoms with Crippen LogP contribution in [0.3, 0.4) is 0 Å². The average Bonchev–Trinajstić information content (AvgIpc) is 3.08. The highest BCUT2D eigenvalue weighted by Crippen LogP contribution is 2.34. The van der Waals surface area contributed by atoms with Gasteiger partial charge in [0.1, 0.15) is 0 Å². The zero-order chi connectivity index (χ0) is 29.4. The lowest BCUT2D eigenvalue weighted by molar-refractivity contribution is 1.16. The van der Waals surface area contributed by atoms with E-state index in [1.54, 1.807) is 0 Å². The quantitative estimate of drug-likeness (QED) is 0.197. The topological polar surface area (TPSA) is 44.0 Å². The van der Waals surface area contributed by atoms with Gasteiger partial charge in [0.15, 0.2) is 10.9 Å². The van der Waals surface area contributed by atoms with E-state index in [9.17, 15) is 9.59 Å². The molecule has 206 valence electrons. The van der Waals surface area contributed by atoms with Gasteiger partial charge in [-0.15, -0.1) is 0 Å². The normalized spacial score (nSPS) is 11.8. The summed E-state index contributed by atoms with van der Waals surface area (Å²) in [5, 5.41) is 6.73. The van der Waals surface area contributed by atoms with Crippen LogP contribution in [-0.2, 0) is 0 Å². The predicted molar refractivity (Wildman–Crippen MR) is 183 cm³/mol. The molecular weight excluding hydrogens is 540 g/mol. The molecule has 2 aromatic heterocycles. The van der Waals surface area contributed by atoms with Crippen molar-refractivity contribution in [1.82, 2.24) is 9.13 Å². The minimum absolute atomic E-state index is 0.0564. The molecular formula is C40H24N2O2. The summed E-state index contributed by atoms with van der Waals surface area (Å²) in [6.07, 6.45) is 0. The summed E-state index contributed by atoms with van der Waals surface area (Å²) < 4.78 is 4.29. The Bertz CT molecular complexity index is 2570. The van der Waals surface area contributed by atoms with E-state index < -0.39 is 0 Å². The summed E-state index contributed by atoms with van der Waals surface area (Å²) in [5.41, 5.74) is 4.81. The minimum atomic E-state index is -0.0564. The highest BCUT2D eigenvalue weighted by Gasteiger charge is 2.19. The predicted octanol–water partition coefficient (Wildman–Crippen LogP) is 8.91. The molecule has 4 nitrogen and oxygen atoms in total. The third-order valence-corrected chi connectivity index (χ3v) is 8.88. The van der Waals surface area contributed by atoms with Gasteiger partial charge in [0, 0.05) is 32.3 Å². The molecule has 4 heteroatoms. The largest absolute Gasteiger partial charge is 0.308 e. The van der Waals surface area contributed by atoms with Crippen molar-refractivity contribution in [2.45, 2.75) is 0 Å². The van der Waals surface area contributed by atoms with Crippen LogP contribution in [-0.4, -0.2) is 9.13 Å². The fourth-order valence-corrected chi connectivity index (χ4v) is 6.91. The first-order valence-corrected chi connectivity index (χ1v) is 14.7. The van der Waals surface area contributed by atoms with Crippen LogP contribution in [0.5, 0.6) is 0 Å². The molecule has 0 fully saturated rings. The molecule has 44 heavy (non-hydrogen) atoms. The number of pyridine rings is 2. The SMILES string of the molecule is O=c1c2ccccc2n(-c2cccc3ccccc23)c2cc3c(=O)c4ccccc4n(-c4cccc5ccccc45)c3cc12. The Balaban J connectivity index is 1.54. The molecule has 0 spiro atoms. The van der Waals surface area contributed by atoms with Crippen LogP contribution in [0, 0.1) is 0 Å². The van der Waals surface area contributed by atoms with Gasteiger partial charge in [-0.05, 0) is 59.3 Å². The molecule has 9 aromatic rings. The number of fused-ring (bicyclic) bond motifs is 6. The Hall–Kier alpha value is -6.00. The standard InChI is InChI=1S/C40H24N2O2/c43-39-29-17-5-7-19-35(29)41(33-21-9-13-25-11-1-3-15-27(25)33)37-23-32-38(24-31(37)39)42(36-20-8-6-18-30(36)40(32)44)34-22-10-14-26-12-2-4-16-28(26)34/h1-24H. The van der Waals surface area contributed by atoms with E-state index in [1.807, 2.05) is 97.1 Å². The second-order valence-electron chi connectivity index (χ2n) is 11.2. The van der Waals surface area contributed by atoms with Crippen molar-refractivity contribution in [3.8, 4) is 11.4 Å². The summed E-state index contributed by atoms with van der Waals surface area (Å²) in [6, 6.07) is 48.3. The first-order valence-electron chi connectivity index (χ1n) is 14.7. The van der Waals surface area contributed by atoms with E-state index in [2.05, 4.69) is 57.7 Å². The molecule has 9 rings (SSSR count). The summed E-state index contributed by atoms with van der Waals surface area (Å²) in [5.74, 6) is 0. The molecule has 0 aliphatic heterocycles. The van der Waals surface area contributed by atoms with Crippen molar-refractivity contribution in [1.29, 1.82) is 0 Å². The number of aromatic nitrogens is 2. The van der Waals surface area contributed by atoms with Crippen molar-refractivity contribution < 1.29 is 0 Å². The van der Waals surface area contributed by atoms with Gasteiger partial charge in [0.05, 0.1) is 33.4 Å².